The molecule has 1 atom stereocenters. The maximum absolute atomic E-state index is 13.3. The number of aliphatic imine (C=N–C) groups is 1. The fourth-order valence-corrected chi connectivity index (χ4v) is 3.64. The Hall–Kier alpha value is -1.35. The summed E-state index contributed by atoms with van der Waals surface area (Å²) in [5.74, 6) is 1.22. The Morgan fingerprint density at radius 3 is 2.81 bits per heavy atom. The standard InChI is InChI=1S/C20H30FN5.HI/c1-15(14-26-9-3-4-10-26)12-25-20(22-2)23-8-7-16-13-24-19-11-17(21)5-6-18(16)19;/h5-6,11,13,15,24H,3-4,7-10,12,14H2,1-2H3,(H2,22,23,25);1H. The minimum Gasteiger partial charge on any atom is -0.361 e. The Bertz CT molecular complexity index is 739. The van der Waals surface area contributed by atoms with Gasteiger partial charge in [-0.25, -0.2) is 4.39 Å². The fourth-order valence-electron chi connectivity index (χ4n) is 3.64. The number of fused-ring (bicyclic) bond motifs is 1. The van der Waals surface area contributed by atoms with Gasteiger partial charge in [-0.3, -0.25) is 4.99 Å². The number of halogens is 2. The third-order valence-electron chi connectivity index (χ3n) is 5.03. The molecule has 2 heterocycles. The average molecular weight is 487 g/mol. The van der Waals surface area contributed by atoms with Crippen LogP contribution < -0.4 is 10.6 Å². The summed E-state index contributed by atoms with van der Waals surface area (Å²) in [7, 11) is 1.80. The van der Waals surface area contributed by atoms with Gasteiger partial charge in [0.1, 0.15) is 5.82 Å². The number of rotatable bonds is 7. The van der Waals surface area contributed by atoms with E-state index in [-0.39, 0.29) is 29.8 Å². The molecule has 1 unspecified atom stereocenters. The zero-order chi connectivity index (χ0) is 18.4. The monoisotopic (exact) mass is 487 g/mol. The van der Waals surface area contributed by atoms with Crippen molar-refractivity contribution in [1.29, 1.82) is 0 Å². The summed E-state index contributed by atoms with van der Waals surface area (Å²) in [6, 6.07) is 4.88. The highest BCUT2D eigenvalue weighted by atomic mass is 127. The number of guanidine groups is 1. The number of nitrogens with zero attached hydrogens (tertiary/aromatic N) is 2. The summed E-state index contributed by atoms with van der Waals surface area (Å²) >= 11 is 0. The number of nitrogens with one attached hydrogen (secondary N) is 3. The van der Waals surface area contributed by atoms with Gasteiger partial charge in [0.15, 0.2) is 5.96 Å². The largest absolute Gasteiger partial charge is 0.361 e. The molecule has 2 aromatic rings. The maximum Gasteiger partial charge on any atom is 0.190 e. The zero-order valence-electron chi connectivity index (χ0n) is 16.2. The number of aromatic nitrogens is 1. The molecule has 1 aliphatic rings. The normalized spacial score (nSPS) is 16.3. The van der Waals surface area contributed by atoms with Gasteiger partial charge in [-0.15, -0.1) is 24.0 Å². The van der Waals surface area contributed by atoms with E-state index in [0.717, 1.165) is 42.9 Å². The van der Waals surface area contributed by atoms with Crippen molar-refractivity contribution in [2.45, 2.75) is 26.2 Å². The molecule has 3 rings (SSSR count). The minimum atomic E-state index is -0.211. The molecule has 0 bridgehead atoms. The Morgan fingerprint density at radius 1 is 1.30 bits per heavy atom. The van der Waals surface area contributed by atoms with Crippen molar-refractivity contribution in [2.75, 3.05) is 39.8 Å². The average Bonchev–Trinajstić information content (AvgIpc) is 3.27. The van der Waals surface area contributed by atoms with Crippen LogP contribution in [0.3, 0.4) is 0 Å². The van der Waals surface area contributed by atoms with Crippen molar-refractivity contribution in [3.05, 3.63) is 35.8 Å². The summed E-state index contributed by atoms with van der Waals surface area (Å²) in [4.78, 5) is 9.99. The third-order valence-corrected chi connectivity index (χ3v) is 5.03. The van der Waals surface area contributed by atoms with Crippen LogP contribution in [-0.4, -0.2) is 55.6 Å². The van der Waals surface area contributed by atoms with Crippen molar-refractivity contribution < 1.29 is 4.39 Å². The second-order valence-electron chi connectivity index (χ2n) is 7.25. The highest BCUT2D eigenvalue weighted by Gasteiger charge is 2.14. The van der Waals surface area contributed by atoms with E-state index in [4.69, 9.17) is 0 Å². The lowest BCUT2D eigenvalue weighted by Gasteiger charge is -2.21. The molecule has 1 aromatic heterocycles. The zero-order valence-corrected chi connectivity index (χ0v) is 18.6. The molecule has 3 N–H and O–H groups in total. The molecule has 7 heteroatoms. The molecule has 0 aliphatic carbocycles. The van der Waals surface area contributed by atoms with Crippen LogP contribution in [0.5, 0.6) is 0 Å². The van der Waals surface area contributed by atoms with Crippen molar-refractivity contribution in [1.82, 2.24) is 20.5 Å². The first kappa shape index (κ1) is 21.9. The van der Waals surface area contributed by atoms with E-state index < -0.39 is 0 Å². The molecule has 150 valence electrons. The Labute approximate surface area is 178 Å². The van der Waals surface area contributed by atoms with Gasteiger partial charge in [0.2, 0.25) is 0 Å². The van der Waals surface area contributed by atoms with Crippen LogP contribution in [0.4, 0.5) is 4.39 Å². The van der Waals surface area contributed by atoms with E-state index in [1.165, 1.54) is 43.6 Å². The van der Waals surface area contributed by atoms with E-state index in [2.05, 4.69) is 32.4 Å². The van der Waals surface area contributed by atoms with Gasteiger partial charge in [-0.1, -0.05) is 6.92 Å². The Morgan fingerprint density at radius 2 is 2.07 bits per heavy atom. The summed E-state index contributed by atoms with van der Waals surface area (Å²) in [5.41, 5.74) is 2.03. The van der Waals surface area contributed by atoms with Crippen molar-refractivity contribution >= 4 is 40.8 Å². The molecule has 0 amide bonds. The Balaban J connectivity index is 0.00000261. The lowest BCUT2D eigenvalue weighted by Crippen LogP contribution is -2.42. The molecule has 1 saturated heterocycles. The molecular formula is C20H31FIN5. The second-order valence-corrected chi connectivity index (χ2v) is 7.25. The van der Waals surface area contributed by atoms with E-state index in [9.17, 15) is 4.39 Å². The first-order valence-electron chi connectivity index (χ1n) is 9.58. The summed E-state index contributed by atoms with van der Waals surface area (Å²) < 4.78 is 13.3. The van der Waals surface area contributed by atoms with Crippen LogP contribution >= 0.6 is 24.0 Å². The number of likely N-dealkylation sites (tertiary alicyclic amines) is 1. The van der Waals surface area contributed by atoms with Gasteiger partial charge in [0.05, 0.1) is 0 Å². The minimum absolute atomic E-state index is 0. The maximum atomic E-state index is 13.3. The van der Waals surface area contributed by atoms with Crippen LogP contribution in [0.25, 0.3) is 10.9 Å². The van der Waals surface area contributed by atoms with Gasteiger partial charge >= 0.3 is 0 Å². The van der Waals surface area contributed by atoms with Crippen LogP contribution in [0.2, 0.25) is 0 Å². The SMILES string of the molecule is CN=C(NCCc1c[nH]c2cc(F)ccc12)NCC(C)CN1CCCC1.I. The lowest BCUT2D eigenvalue weighted by atomic mass is 10.1. The summed E-state index contributed by atoms with van der Waals surface area (Å²) in [6.07, 6.45) is 5.49. The molecular weight excluding hydrogens is 456 g/mol. The molecule has 1 aromatic carbocycles. The van der Waals surface area contributed by atoms with Gasteiger partial charge < -0.3 is 20.5 Å². The molecule has 0 spiro atoms. The number of aromatic amines is 1. The van der Waals surface area contributed by atoms with E-state index in [1.54, 1.807) is 7.05 Å². The lowest BCUT2D eigenvalue weighted by molar-refractivity contribution is 0.287. The highest BCUT2D eigenvalue weighted by molar-refractivity contribution is 14.0. The number of hydrogen-bond acceptors (Lipinski definition) is 2. The number of hydrogen-bond donors (Lipinski definition) is 3. The van der Waals surface area contributed by atoms with E-state index in [0.29, 0.717) is 5.92 Å². The van der Waals surface area contributed by atoms with Gasteiger partial charge in [-0.05, 0) is 62.0 Å². The molecule has 5 nitrogen and oxygen atoms in total. The third kappa shape index (κ3) is 6.34. The fraction of sp³-hybridized carbons (Fsp3) is 0.550. The summed E-state index contributed by atoms with van der Waals surface area (Å²) in [5, 5.41) is 7.87. The molecule has 0 saturated carbocycles. The van der Waals surface area contributed by atoms with Crippen LogP contribution in [0, 0.1) is 11.7 Å². The second kappa shape index (κ2) is 10.8. The first-order chi connectivity index (χ1) is 12.7. The van der Waals surface area contributed by atoms with Crippen LogP contribution in [0.15, 0.2) is 29.4 Å². The Kier molecular flexibility index (Phi) is 8.82. The van der Waals surface area contributed by atoms with Crippen LogP contribution in [0.1, 0.15) is 25.3 Å². The van der Waals surface area contributed by atoms with Crippen LogP contribution in [-0.2, 0) is 6.42 Å². The highest BCUT2D eigenvalue weighted by Crippen LogP contribution is 2.19. The topological polar surface area (TPSA) is 55.5 Å². The predicted molar refractivity (Wildman–Crippen MR) is 122 cm³/mol. The molecule has 1 fully saturated rings. The van der Waals surface area contributed by atoms with E-state index in [1.807, 2.05) is 12.3 Å². The van der Waals surface area contributed by atoms with Gasteiger partial charge in [0, 0.05) is 43.8 Å². The molecule has 1 aliphatic heterocycles. The molecule has 0 radical (unpaired) electrons. The number of benzene rings is 1. The van der Waals surface area contributed by atoms with Crippen molar-refractivity contribution in [3.8, 4) is 0 Å². The number of H-pyrrole nitrogens is 1. The smallest absolute Gasteiger partial charge is 0.190 e. The predicted octanol–water partition coefficient (Wildman–Crippen LogP) is 3.36. The quantitative estimate of drug-likeness (QED) is 0.319. The van der Waals surface area contributed by atoms with Gasteiger partial charge in [0.25, 0.3) is 0 Å². The van der Waals surface area contributed by atoms with Crippen molar-refractivity contribution in [3.63, 3.8) is 0 Å². The first-order valence-corrected chi connectivity index (χ1v) is 9.58. The van der Waals surface area contributed by atoms with E-state index >= 15 is 0 Å². The van der Waals surface area contributed by atoms with Crippen molar-refractivity contribution in [2.24, 2.45) is 10.9 Å². The van der Waals surface area contributed by atoms with Gasteiger partial charge in [-0.2, -0.15) is 0 Å². The summed E-state index contributed by atoms with van der Waals surface area (Å²) in [6.45, 7) is 7.62. The molecule has 27 heavy (non-hydrogen) atoms.